The van der Waals surface area contributed by atoms with Crippen molar-refractivity contribution in [3.05, 3.63) is 0 Å². The van der Waals surface area contributed by atoms with Crippen LogP contribution in [0.1, 0.15) is 0 Å². The molecule has 4 unspecified atom stereocenters. The van der Waals surface area contributed by atoms with Gasteiger partial charge in [-0.1, -0.05) is 0 Å². The maximum Gasteiger partial charge on any atom is 2.00 e. The van der Waals surface area contributed by atoms with Gasteiger partial charge < -0.3 is 19.6 Å². The molecule has 0 saturated carbocycles. The average Bonchev–Trinajstić information content (AvgIpc) is 1.79. The number of hydrogen-bond donors (Lipinski definition) is 0. The molecular weight excluding hydrogens is 427 g/mol. The van der Waals surface area contributed by atoms with E-state index >= 15 is 0 Å². The molecule has 17 heteroatoms. The van der Waals surface area contributed by atoms with Crippen LogP contribution in [0.15, 0.2) is 0 Å². The maximum atomic E-state index is 9.24. The Morgan fingerprint density at radius 3 is 0.706 bits per heavy atom. The molecule has 80 valence electrons. The largest absolute Gasteiger partial charge is 2.00 e. The van der Waals surface area contributed by atoms with Gasteiger partial charge in [0.2, 0.25) is 0 Å². The Bertz CT molecular complexity index is 205. The summed E-state index contributed by atoms with van der Waals surface area (Å²) in [6.45, 7) is 0. The van der Waals surface area contributed by atoms with Gasteiger partial charge in [-0.15, -0.1) is 0 Å². The van der Waals surface area contributed by atoms with Crippen LogP contribution in [0, 0.1) is 0 Å². The Morgan fingerprint density at radius 1 is 0.588 bits per heavy atom. The molecule has 0 aliphatic rings. The topological polar surface area (TPSA) is 179 Å². The normalized spacial score (nSPS) is 11.1. The smallest absolute Gasteiger partial charge is 0.563 e. The molecule has 0 spiro atoms. The van der Waals surface area contributed by atoms with Crippen LogP contribution in [-0.2, 0) is 46.4 Å². The maximum absolute atomic E-state index is 9.24. The van der Waals surface area contributed by atoms with E-state index in [1.165, 1.54) is 0 Å². The molecule has 0 aliphatic carbocycles. The van der Waals surface area contributed by atoms with Gasteiger partial charge in [0.05, 0.1) is 0 Å². The van der Waals surface area contributed by atoms with Crippen molar-refractivity contribution in [1.29, 1.82) is 0 Å². The van der Waals surface area contributed by atoms with E-state index in [0.717, 1.165) is 0 Å². The fraction of sp³-hybridized carbons (Fsp3) is 0. The van der Waals surface area contributed by atoms with Gasteiger partial charge in [-0.05, 0) is 18.3 Å². The molecular formula is K2O10P4Zn+4. The number of hydrogen-bond acceptors (Lipinski definition) is 10. The Kier molecular flexibility index (Phi) is 43.2. The molecule has 0 fully saturated rings. The summed E-state index contributed by atoms with van der Waals surface area (Å²) >= 11 is 0. The standard InChI is InChI=1S/2K.2O5P2.Zn/c;;2*1-6(2)5-7(3)4;/q2*+1;;;+2. The zero-order chi connectivity index (χ0) is 11.7. The van der Waals surface area contributed by atoms with Crippen LogP contribution >= 0.6 is 33.0 Å². The molecule has 0 radical (unpaired) electrons. The van der Waals surface area contributed by atoms with Crippen molar-refractivity contribution < 1.29 is 169 Å². The molecule has 0 bridgehead atoms. The van der Waals surface area contributed by atoms with E-state index in [4.69, 9.17) is 0 Å². The first-order chi connectivity index (χ1) is 6.25. The van der Waals surface area contributed by atoms with Gasteiger partial charge in [0, 0.05) is 0 Å². The molecule has 4 atom stereocenters. The minimum Gasteiger partial charge on any atom is -0.563 e. The Morgan fingerprint density at radius 2 is 0.706 bits per heavy atom. The molecule has 17 heavy (non-hydrogen) atoms. The van der Waals surface area contributed by atoms with Crippen molar-refractivity contribution in [3.63, 3.8) is 0 Å². The molecule has 0 aliphatic heterocycles. The number of rotatable bonds is 4. The molecule has 0 aromatic heterocycles. The Labute approximate surface area is 197 Å². The van der Waals surface area contributed by atoms with Crippen molar-refractivity contribution in [3.8, 4) is 0 Å². The molecule has 0 N–H and O–H groups in total. The summed E-state index contributed by atoms with van der Waals surface area (Å²) in [4.78, 5) is 37.0. The third-order valence-electron chi connectivity index (χ3n) is 0.267. The van der Waals surface area contributed by atoms with Crippen molar-refractivity contribution in [2.75, 3.05) is 0 Å². The summed E-state index contributed by atoms with van der Waals surface area (Å²) < 4.78 is 43.3. The average molecular weight is 427 g/mol. The molecule has 0 heterocycles. The minimum atomic E-state index is -3.24. The third-order valence-corrected chi connectivity index (χ3v) is 2.40. The first kappa shape index (κ1) is 32.9. The van der Waals surface area contributed by atoms with Gasteiger partial charge in [0.1, 0.15) is 8.62 Å². The molecule has 0 aromatic rings. The summed E-state index contributed by atoms with van der Waals surface area (Å²) in [7, 11) is -12.9. The summed E-state index contributed by atoms with van der Waals surface area (Å²) in [6, 6.07) is 0. The van der Waals surface area contributed by atoms with Crippen molar-refractivity contribution in [2.45, 2.75) is 0 Å². The fourth-order valence-electron chi connectivity index (χ4n) is 0.109. The predicted molar refractivity (Wildman–Crippen MR) is 32.6 cm³/mol. The second kappa shape index (κ2) is 22.3. The zero-order valence-corrected chi connectivity index (χ0v) is 21.4. The summed E-state index contributed by atoms with van der Waals surface area (Å²) in [5.74, 6) is 0. The molecule has 0 amide bonds. The van der Waals surface area contributed by atoms with E-state index in [0.29, 0.717) is 0 Å². The minimum absolute atomic E-state index is 0. The van der Waals surface area contributed by atoms with Crippen molar-refractivity contribution >= 4 is 33.0 Å². The van der Waals surface area contributed by atoms with E-state index in [1.807, 2.05) is 0 Å². The van der Waals surface area contributed by atoms with E-state index < -0.39 is 33.0 Å². The predicted octanol–water partition coefficient (Wildman–Crippen LogP) is -7.92. The van der Waals surface area contributed by atoms with Crippen LogP contribution < -0.4 is 122 Å². The van der Waals surface area contributed by atoms with Crippen LogP contribution in [0.5, 0.6) is 0 Å². The van der Waals surface area contributed by atoms with E-state index in [2.05, 4.69) is 8.62 Å². The Hall–Kier alpha value is 4.06. The molecule has 10 nitrogen and oxygen atoms in total. The molecule has 0 saturated heterocycles. The SMILES string of the molecule is O=[P+]([O-])O[P+](=O)[O-].O=[P+]([O-])O[P+](=O)[O-].[K+].[K+].[Zn+2]. The second-order valence-electron chi connectivity index (χ2n) is 1.06. The van der Waals surface area contributed by atoms with E-state index in [1.54, 1.807) is 0 Å². The van der Waals surface area contributed by atoms with Crippen LogP contribution in [0.2, 0.25) is 0 Å². The first-order valence-corrected chi connectivity index (χ1v) is 6.57. The second-order valence-corrected chi connectivity index (χ2v) is 4.15. The van der Waals surface area contributed by atoms with Crippen molar-refractivity contribution in [1.82, 2.24) is 0 Å². The van der Waals surface area contributed by atoms with Gasteiger partial charge in [-0.25, -0.2) is 0 Å². The summed E-state index contributed by atoms with van der Waals surface area (Å²) in [5, 5.41) is 0. The monoisotopic (exact) mass is 426 g/mol. The van der Waals surface area contributed by atoms with Gasteiger partial charge in [-0.3, -0.25) is 0 Å². The molecule has 0 rings (SSSR count). The van der Waals surface area contributed by atoms with Crippen LogP contribution in [0.4, 0.5) is 0 Å². The van der Waals surface area contributed by atoms with Gasteiger partial charge in [0.15, 0.2) is 0 Å². The van der Waals surface area contributed by atoms with Crippen LogP contribution in [0.3, 0.4) is 0 Å². The fourth-order valence-corrected chi connectivity index (χ4v) is 0.980. The van der Waals surface area contributed by atoms with E-state index in [-0.39, 0.29) is 122 Å². The Balaban J connectivity index is -0.0000000480. The zero-order valence-electron chi connectivity index (χ0n) is 8.58. The summed E-state index contributed by atoms with van der Waals surface area (Å²) in [6.07, 6.45) is 0. The van der Waals surface area contributed by atoms with Gasteiger partial charge in [0.25, 0.3) is 0 Å². The van der Waals surface area contributed by atoms with Crippen LogP contribution in [0.25, 0.3) is 0 Å². The van der Waals surface area contributed by atoms with E-state index in [9.17, 15) is 37.8 Å². The van der Waals surface area contributed by atoms with Gasteiger partial charge in [-0.2, -0.15) is 0 Å². The quantitative estimate of drug-likeness (QED) is 0.309. The third kappa shape index (κ3) is 45.0. The van der Waals surface area contributed by atoms with Crippen molar-refractivity contribution in [2.24, 2.45) is 0 Å². The van der Waals surface area contributed by atoms with Crippen LogP contribution in [-0.4, -0.2) is 0 Å². The molecule has 0 aromatic carbocycles. The first-order valence-electron chi connectivity index (χ1n) is 2.19. The summed E-state index contributed by atoms with van der Waals surface area (Å²) in [5.41, 5.74) is 0. The van der Waals surface area contributed by atoms with Gasteiger partial charge >= 0.3 is 155 Å².